The Bertz CT molecular complexity index is 2770. The Labute approximate surface area is 391 Å². The van der Waals surface area contributed by atoms with Gasteiger partial charge in [-0.05, 0) is 71.8 Å². The number of carbonyl (C=O) groups excluding carboxylic acids is 2. The number of aromatic hydroxyl groups is 4. The first-order chi connectivity index (χ1) is 33.0. The van der Waals surface area contributed by atoms with Crippen molar-refractivity contribution in [1.29, 1.82) is 0 Å². The molecule has 4 aromatic carbocycles. The second-order valence-corrected chi connectivity index (χ2v) is 15.7. The molecule has 9 N–H and O–H groups in total. The van der Waals surface area contributed by atoms with Crippen molar-refractivity contribution in [2.45, 2.75) is 61.2 Å². The van der Waals surface area contributed by atoms with E-state index in [4.69, 9.17) is 42.3 Å². The quantitative estimate of drug-likeness (QED) is 0.0536. The first-order valence-electron chi connectivity index (χ1n) is 21.0. The van der Waals surface area contributed by atoms with Crippen LogP contribution in [0, 0.1) is 0 Å². The van der Waals surface area contributed by atoms with Crippen molar-refractivity contribution in [3.05, 3.63) is 112 Å². The van der Waals surface area contributed by atoms with E-state index in [0.29, 0.717) is 16.7 Å². The summed E-state index contributed by atoms with van der Waals surface area (Å²) in [6.07, 6.45) is -14.1. The van der Waals surface area contributed by atoms with Crippen LogP contribution in [0.25, 0.3) is 34.4 Å². The maximum atomic E-state index is 13.8. The van der Waals surface area contributed by atoms with Crippen molar-refractivity contribution < 1.29 is 97.9 Å². The van der Waals surface area contributed by atoms with Gasteiger partial charge in [-0.1, -0.05) is 12.1 Å². The van der Waals surface area contributed by atoms with Crippen LogP contribution in [-0.2, 0) is 33.3 Å². The topological polar surface area (TPSA) is 320 Å². The summed E-state index contributed by atoms with van der Waals surface area (Å²) in [5.41, 5.74) is -0.0271. The number of aliphatic hydroxyl groups is 5. The fraction of sp³-hybridized carbons (Fsp3) is 0.312. The van der Waals surface area contributed by atoms with Crippen LogP contribution in [0.5, 0.6) is 40.2 Å². The number of aliphatic hydroxyl groups excluding tert-OH is 5. The van der Waals surface area contributed by atoms with Gasteiger partial charge in [-0.15, -0.1) is 0 Å². The summed E-state index contributed by atoms with van der Waals surface area (Å²) in [6, 6.07) is 16.6. The van der Waals surface area contributed by atoms with Gasteiger partial charge in [0.25, 0.3) is 0 Å². The third-order valence-corrected chi connectivity index (χ3v) is 11.3. The summed E-state index contributed by atoms with van der Waals surface area (Å²) < 4.78 is 50.5. The molecule has 21 nitrogen and oxygen atoms in total. The summed E-state index contributed by atoms with van der Waals surface area (Å²) >= 11 is 0. The Kier molecular flexibility index (Phi) is 15.4. The van der Waals surface area contributed by atoms with E-state index in [1.165, 1.54) is 100 Å². The molecule has 5 aromatic rings. The summed E-state index contributed by atoms with van der Waals surface area (Å²) in [5.74, 6) is -2.88. The number of ether oxygens (including phenoxy) is 8. The molecule has 0 unspecified atom stereocenters. The van der Waals surface area contributed by atoms with Crippen molar-refractivity contribution in [3.63, 3.8) is 0 Å². The molecular weight excluding hydrogens is 913 g/mol. The second kappa shape index (κ2) is 21.4. The first kappa shape index (κ1) is 49.7. The minimum atomic E-state index is -2.07. The van der Waals surface area contributed by atoms with E-state index < -0.39 is 103 Å². The zero-order valence-corrected chi connectivity index (χ0v) is 36.8. The van der Waals surface area contributed by atoms with Crippen molar-refractivity contribution in [2.24, 2.45) is 0 Å². The number of phenolic OH excluding ortho intramolecular Hbond substituents is 4. The largest absolute Gasteiger partial charge is 0.508 e. The van der Waals surface area contributed by atoms with Crippen LogP contribution in [-0.4, -0.2) is 148 Å². The third kappa shape index (κ3) is 10.9. The molecular formula is C48H48O21. The molecule has 2 fully saturated rings. The summed E-state index contributed by atoms with van der Waals surface area (Å²) in [4.78, 5) is 39.4. The average molecular weight is 961 g/mol. The van der Waals surface area contributed by atoms with Crippen LogP contribution in [0.2, 0.25) is 0 Å². The highest BCUT2D eigenvalue weighted by Gasteiger charge is 2.52. The molecule has 366 valence electrons. The van der Waals surface area contributed by atoms with Gasteiger partial charge < -0.3 is 88.3 Å². The first-order valence-corrected chi connectivity index (χ1v) is 21.0. The van der Waals surface area contributed by atoms with Crippen molar-refractivity contribution >= 4 is 35.1 Å². The zero-order chi connectivity index (χ0) is 49.7. The Hall–Kier alpha value is -7.21. The number of hydrogen-bond acceptors (Lipinski definition) is 21. The fourth-order valence-electron chi connectivity index (χ4n) is 7.64. The highest BCUT2D eigenvalue weighted by molar-refractivity contribution is 5.89. The van der Waals surface area contributed by atoms with E-state index in [2.05, 4.69) is 0 Å². The SMILES string of the molecule is COc1cc(/C=C/C(=O)OC[C@H]2O[C@@H](O[C@@H]3[C@@H](O)[C@H](O)[C@@H](COC(=O)/C=C/c4ccc(O)c(OC)c4)O[C@H]3c3c(OC)cc4oc(-c5ccc(O)cc5)cc(=O)c4c3O)[C@H](O)[C@@H](O)[C@@H]2O)ccc1O. The van der Waals surface area contributed by atoms with Gasteiger partial charge in [-0.3, -0.25) is 4.79 Å². The number of esters is 2. The molecule has 2 saturated heterocycles. The number of benzene rings is 4. The third-order valence-electron chi connectivity index (χ3n) is 11.3. The van der Waals surface area contributed by atoms with Crippen LogP contribution >= 0.6 is 0 Å². The lowest BCUT2D eigenvalue weighted by atomic mass is 9.89. The molecule has 7 rings (SSSR count). The summed E-state index contributed by atoms with van der Waals surface area (Å²) in [6.45, 7) is -1.44. The minimum absolute atomic E-state index is 0.0459. The van der Waals surface area contributed by atoms with Gasteiger partial charge in [0.1, 0.15) is 102 Å². The standard InChI is InChI=1S/C48H48O21/c1-61-30-16-22(4-12-26(30)50)6-14-36(53)64-20-34-41(56)44(59)47(46(67-34)39-32(63-3)19-33-38(42(39)57)28(52)18-29(66-33)24-8-10-25(49)11-9-24)69-48-45(60)43(58)40(55)35(68-48)21-65-37(54)15-7-23-5-13-27(51)31(17-23)62-2/h4-19,34-35,40-41,43-51,55-60H,20-21H2,1-3H3/b14-6+,15-7+/t34-,35-,40-,41-,43+,44+,45-,46+,47-,48+/m1/s1. The number of carbonyl (C=O) groups is 2. The average Bonchev–Trinajstić information content (AvgIpc) is 3.34. The fourth-order valence-corrected chi connectivity index (χ4v) is 7.64. The van der Waals surface area contributed by atoms with Gasteiger partial charge in [0.15, 0.2) is 34.7 Å². The number of methoxy groups -OCH3 is 3. The normalized spacial score (nSPS) is 24.9. The predicted octanol–water partition coefficient (Wildman–Crippen LogP) is 2.18. The predicted molar refractivity (Wildman–Crippen MR) is 238 cm³/mol. The molecule has 2 aliphatic heterocycles. The van der Waals surface area contributed by atoms with E-state index >= 15 is 0 Å². The van der Waals surface area contributed by atoms with Crippen molar-refractivity contribution in [2.75, 3.05) is 34.5 Å². The van der Waals surface area contributed by atoms with E-state index in [1.807, 2.05) is 0 Å². The Morgan fingerprint density at radius 3 is 1.71 bits per heavy atom. The Morgan fingerprint density at radius 2 is 1.16 bits per heavy atom. The molecule has 0 saturated carbocycles. The van der Waals surface area contributed by atoms with Gasteiger partial charge in [0, 0.05) is 29.8 Å². The molecule has 21 heteroatoms. The highest BCUT2D eigenvalue weighted by Crippen LogP contribution is 2.47. The Balaban J connectivity index is 1.18. The zero-order valence-electron chi connectivity index (χ0n) is 36.8. The smallest absolute Gasteiger partial charge is 0.330 e. The molecule has 0 amide bonds. The number of phenols is 4. The molecule has 0 bridgehead atoms. The highest BCUT2D eigenvalue weighted by atomic mass is 16.7. The van der Waals surface area contributed by atoms with Crippen molar-refractivity contribution in [3.8, 4) is 51.6 Å². The van der Waals surface area contributed by atoms with Gasteiger partial charge in [0.2, 0.25) is 0 Å². The van der Waals surface area contributed by atoms with Gasteiger partial charge in [0.05, 0.1) is 26.9 Å². The van der Waals surface area contributed by atoms with Crippen LogP contribution in [0.3, 0.4) is 0 Å². The van der Waals surface area contributed by atoms with E-state index in [9.17, 15) is 60.3 Å². The molecule has 2 aliphatic rings. The second-order valence-electron chi connectivity index (χ2n) is 15.7. The molecule has 10 atom stereocenters. The van der Waals surface area contributed by atoms with Crippen LogP contribution in [0.4, 0.5) is 0 Å². The van der Waals surface area contributed by atoms with Crippen LogP contribution < -0.4 is 19.6 Å². The summed E-state index contributed by atoms with van der Waals surface area (Å²) in [7, 11) is 3.88. The maximum absolute atomic E-state index is 13.8. The molecule has 0 spiro atoms. The number of hydrogen-bond donors (Lipinski definition) is 9. The molecule has 69 heavy (non-hydrogen) atoms. The molecule has 3 heterocycles. The number of rotatable bonds is 15. The minimum Gasteiger partial charge on any atom is -0.508 e. The van der Waals surface area contributed by atoms with Crippen LogP contribution in [0.1, 0.15) is 22.8 Å². The Morgan fingerprint density at radius 1 is 0.623 bits per heavy atom. The van der Waals surface area contributed by atoms with E-state index in [-0.39, 0.29) is 51.4 Å². The van der Waals surface area contributed by atoms with Gasteiger partial charge in [-0.2, -0.15) is 0 Å². The van der Waals surface area contributed by atoms with Crippen LogP contribution in [0.15, 0.2) is 94.2 Å². The molecule has 0 aliphatic carbocycles. The number of fused-ring (bicyclic) bond motifs is 1. The van der Waals surface area contributed by atoms with Crippen molar-refractivity contribution in [1.82, 2.24) is 0 Å². The van der Waals surface area contributed by atoms with Gasteiger partial charge >= 0.3 is 11.9 Å². The van der Waals surface area contributed by atoms with E-state index in [1.54, 1.807) is 0 Å². The maximum Gasteiger partial charge on any atom is 0.330 e. The van der Waals surface area contributed by atoms with Gasteiger partial charge in [-0.25, -0.2) is 9.59 Å². The lowest BCUT2D eigenvalue weighted by Gasteiger charge is -2.46. The lowest BCUT2D eigenvalue weighted by Crippen LogP contribution is -2.63. The van der Waals surface area contributed by atoms with E-state index in [0.717, 1.165) is 18.2 Å². The summed E-state index contributed by atoms with van der Waals surface area (Å²) in [5, 5.41) is 97.3. The monoisotopic (exact) mass is 960 g/mol. The molecule has 0 radical (unpaired) electrons. The molecule has 1 aromatic heterocycles. The lowest BCUT2D eigenvalue weighted by molar-refractivity contribution is -0.342.